The summed E-state index contributed by atoms with van der Waals surface area (Å²) in [6.45, 7) is 0.388. The van der Waals surface area contributed by atoms with Gasteiger partial charge in [-0.3, -0.25) is 19.3 Å². The summed E-state index contributed by atoms with van der Waals surface area (Å²) < 4.78 is 5.37. The van der Waals surface area contributed by atoms with Gasteiger partial charge in [0.05, 0.1) is 19.1 Å². The van der Waals surface area contributed by atoms with Crippen LogP contribution >= 0.6 is 0 Å². The van der Waals surface area contributed by atoms with Gasteiger partial charge in [0, 0.05) is 18.2 Å². The number of imide groups is 1. The van der Waals surface area contributed by atoms with Crippen LogP contribution < -0.4 is 4.74 Å². The molecule has 0 bridgehead atoms. The molecule has 2 saturated heterocycles. The van der Waals surface area contributed by atoms with Gasteiger partial charge in [0.1, 0.15) is 11.5 Å². The van der Waals surface area contributed by atoms with Crippen molar-refractivity contribution in [2.24, 2.45) is 5.92 Å². The third-order valence-corrected chi connectivity index (χ3v) is 6.90. The number of carbonyl (C=O) groups is 2. The molecule has 1 N–H and O–H groups in total. The Balaban J connectivity index is 1.53. The van der Waals surface area contributed by atoms with Gasteiger partial charge in [-0.2, -0.15) is 5.06 Å². The van der Waals surface area contributed by atoms with Gasteiger partial charge in [-0.25, -0.2) is 0 Å². The van der Waals surface area contributed by atoms with E-state index in [1.165, 1.54) is 4.90 Å². The van der Waals surface area contributed by atoms with Crippen molar-refractivity contribution >= 4 is 11.8 Å². The third kappa shape index (κ3) is 3.55. The number of likely N-dealkylation sites (tertiary alicyclic amines) is 1. The standard InChI is InChI=1S/C25H28N2O5/c1-31-18-12-13-20(28)19(14-18)22-21-23(32-26(22)15-16-8-4-2-5-9-16)25(30)27(24(21)29)17-10-6-3-7-11-17/h2,4-5,8-9,12-14,17,21-23,28H,3,6-7,10-11,15H2,1H3. The zero-order chi connectivity index (χ0) is 22.2. The number of methoxy groups -OCH3 is 1. The van der Waals surface area contributed by atoms with Gasteiger partial charge >= 0.3 is 0 Å². The molecule has 0 radical (unpaired) electrons. The van der Waals surface area contributed by atoms with E-state index >= 15 is 0 Å². The summed E-state index contributed by atoms with van der Waals surface area (Å²) in [5, 5.41) is 12.4. The van der Waals surface area contributed by atoms with Gasteiger partial charge in [-0.05, 0) is 36.6 Å². The van der Waals surface area contributed by atoms with Crippen LogP contribution in [0.5, 0.6) is 11.5 Å². The van der Waals surface area contributed by atoms with E-state index in [0.29, 0.717) is 17.9 Å². The minimum Gasteiger partial charge on any atom is -0.508 e. The van der Waals surface area contributed by atoms with Crippen LogP contribution in [0.4, 0.5) is 0 Å². The van der Waals surface area contributed by atoms with Gasteiger partial charge in [0.15, 0.2) is 6.10 Å². The first-order valence-corrected chi connectivity index (χ1v) is 11.3. The lowest BCUT2D eigenvalue weighted by Crippen LogP contribution is -2.44. The van der Waals surface area contributed by atoms with Crippen molar-refractivity contribution in [3.05, 3.63) is 59.7 Å². The molecule has 2 aromatic carbocycles. The number of hydroxylamine groups is 2. The molecule has 3 fully saturated rings. The van der Waals surface area contributed by atoms with E-state index in [2.05, 4.69) is 0 Å². The van der Waals surface area contributed by atoms with E-state index in [1.807, 2.05) is 30.3 Å². The molecule has 5 rings (SSSR count). The number of aromatic hydroxyl groups is 1. The SMILES string of the molecule is COc1ccc(O)c(C2C3C(=O)N(C4CCCCC4)C(=O)C3ON2Cc2ccccc2)c1. The summed E-state index contributed by atoms with van der Waals surface area (Å²) in [5.41, 5.74) is 1.52. The smallest absolute Gasteiger partial charge is 0.261 e. The molecule has 7 nitrogen and oxygen atoms in total. The number of carbonyl (C=O) groups excluding carboxylic acids is 2. The van der Waals surface area contributed by atoms with Crippen LogP contribution in [0.15, 0.2) is 48.5 Å². The lowest BCUT2D eigenvalue weighted by Gasteiger charge is -2.32. The summed E-state index contributed by atoms with van der Waals surface area (Å²) in [6, 6.07) is 14.0. The Hall–Kier alpha value is -2.90. The topological polar surface area (TPSA) is 79.3 Å². The summed E-state index contributed by atoms with van der Waals surface area (Å²) in [4.78, 5) is 34.6. The van der Waals surface area contributed by atoms with Crippen LogP contribution in [0, 0.1) is 5.92 Å². The lowest BCUT2D eigenvalue weighted by atomic mass is 9.89. The van der Waals surface area contributed by atoms with E-state index in [0.717, 1.165) is 37.7 Å². The van der Waals surface area contributed by atoms with Crippen molar-refractivity contribution in [3.8, 4) is 11.5 Å². The summed E-state index contributed by atoms with van der Waals surface area (Å²) >= 11 is 0. The van der Waals surface area contributed by atoms with Crippen molar-refractivity contribution in [1.29, 1.82) is 0 Å². The maximum absolute atomic E-state index is 13.6. The number of hydrogen-bond donors (Lipinski definition) is 1. The third-order valence-electron chi connectivity index (χ3n) is 6.90. The highest BCUT2D eigenvalue weighted by molar-refractivity contribution is 6.07. The molecule has 1 aliphatic carbocycles. The summed E-state index contributed by atoms with van der Waals surface area (Å²) in [5.74, 6) is -0.535. The molecule has 168 valence electrons. The fourth-order valence-corrected chi connectivity index (χ4v) is 5.33. The molecule has 32 heavy (non-hydrogen) atoms. The second-order valence-electron chi connectivity index (χ2n) is 8.82. The molecule has 2 amide bonds. The average molecular weight is 437 g/mol. The number of rotatable bonds is 5. The maximum Gasteiger partial charge on any atom is 0.261 e. The van der Waals surface area contributed by atoms with Gasteiger partial charge in [-0.15, -0.1) is 0 Å². The molecular formula is C25H28N2O5. The molecule has 2 heterocycles. The van der Waals surface area contributed by atoms with Crippen molar-refractivity contribution in [2.75, 3.05) is 7.11 Å². The number of benzene rings is 2. The first-order chi connectivity index (χ1) is 15.6. The zero-order valence-electron chi connectivity index (χ0n) is 18.1. The second kappa shape index (κ2) is 8.56. The zero-order valence-corrected chi connectivity index (χ0v) is 18.1. The number of phenolic OH excluding ortho intramolecular Hbond substituents is 1. The molecule has 3 aliphatic rings. The fraction of sp³-hybridized carbons (Fsp3) is 0.440. The van der Waals surface area contributed by atoms with Crippen molar-refractivity contribution < 1.29 is 24.3 Å². The molecule has 3 unspecified atom stereocenters. The minimum absolute atomic E-state index is 0.0504. The average Bonchev–Trinajstić information content (AvgIpc) is 3.30. The molecule has 0 spiro atoms. The predicted molar refractivity (Wildman–Crippen MR) is 116 cm³/mol. The molecular weight excluding hydrogens is 408 g/mol. The van der Waals surface area contributed by atoms with Crippen molar-refractivity contribution in [3.63, 3.8) is 0 Å². The van der Waals surface area contributed by atoms with E-state index in [4.69, 9.17) is 9.57 Å². The number of ether oxygens (including phenoxy) is 1. The summed E-state index contributed by atoms with van der Waals surface area (Å²) in [7, 11) is 1.56. The number of fused-ring (bicyclic) bond motifs is 1. The fourth-order valence-electron chi connectivity index (χ4n) is 5.33. The largest absolute Gasteiger partial charge is 0.508 e. The lowest BCUT2D eigenvalue weighted by molar-refractivity contribution is -0.185. The minimum atomic E-state index is -0.872. The second-order valence-corrected chi connectivity index (χ2v) is 8.82. The van der Waals surface area contributed by atoms with Crippen LogP contribution in [0.1, 0.15) is 49.3 Å². The summed E-state index contributed by atoms with van der Waals surface area (Å²) in [6.07, 6.45) is 4.01. The van der Waals surface area contributed by atoms with Crippen LogP contribution in [-0.2, 0) is 21.0 Å². The number of hydrogen-bond acceptors (Lipinski definition) is 6. The predicted octanol–water partition coefficient (Wildman–Crippen LogP) is 3.58. The Labute approximate surface area is 187 Å². The first-order valence-electron chi connectivity index (χ1n) is 11.3. The van der Waals surface area contributed by atoms with E-state index < -0.39 is 18.1 Å². The number of nitrogens with zero attached hydrogens (tertiary/aromatic N) is 2. The van der Waals surface area contributed by atoms with Crippen LogP contribution in [0.2, 0.25) is 0 Å². The maximum atomic E-state index is 13.6. The van der Waals surface area contributed by atoms with Crippen LogP contribution in [-0.4, -0.2) is 46.1 Å². The van der Waals surface area contributed by atoms with Crippen molar-refractivity contribution in [1.82, 2.24) is 9.96 Å². The Morgan fingerprint density at radius 2 is 1.78 bits per heavy atom. The van der Waals surface area contributed by atoms with Gasteiger partial charge in [0.2, 0.25) is 5.91 Å². The Bertz CT molecular complexity index is 1000. The molecule has 7 heteroatoms. The molecule has 2 aliphatic heterocycles. The first kappa shape index (κ1) is 21.0. The van der Waals surface area contributed by atoms with Gasteiger partial charge < -0.3 is 9.84 Å². The molecule has 1 saturated carbocycles. The molecule has 0 aromatic heterocycles. The van der Waals surface area contributed by atoms with E-state index in [1.54, 1.807) is 30.4 Å². The Morgan fingerprint density at radius 3 is 2.50 bits per heavy atom. The highest BCUT2D eigenvalue weighted by atomic mass is 16.7. The van der Waals surface area contributed by atoms with Crippen molar-refractivity contribution in [2.45, 2.75) is 56.8 Å². The Morgan fingerprint density at radius 1 is 1.03 bits per heavy atom. The normalized spacial score (nSPS) is 26.5. The molecule has 3 atom stereocenters. The highest BCUT2D eigenvalue weighted by Crippen LogP contribution is 2.49. The highest BCUT2D eigenvalue weighted by Gasteiger charge is 2.61. The number of phenols is 1. The van der Waals surface area contributed by atoms with E-state index in [9.17, 15) is 14.7 Å². The Kier molecular flexibility index (Phi) is 5.61. The van der Waals surface area contributed by atoms with Gasteiger partial charge in [-0.1, -0.05) is 49.6 Å². The van der Waals surface area contributed by atoms with Crippen LogP contribution in [0.25, 0.3) is 0 Å². The quantitative estimate of drug-likeness (QED) is 0.722. The molecule has 2 aromatic rings. The number of amides is 2. The monoisotopic (exact) mass is 436 g/mol. The van der Waals surface area contributed by atoms with Gasteiger partial charge in [0.25, 0.3) is 5.91 Å². The van der Waals surface area contributed by atoms with Crippen LogP contribution in [0.3, 0.4) is 0 Å². The van der Waals surface area contributed by atoms with E-state index in [-0.39, 0.29) is 23.6 Å².